The van der Waals surface area contributed by atoms with E-state index in [0.717, 1.165) is 11.3 Å². The molecule has 0 spiro atoms. The Bertz CT molecular complexity index is 597. The zero-order valence-corrected chi connectivity index (χ0v) is 13.5. The molecule has 1 aromatic heterocycles. The second-order valence-electron chi connectivity index (χ2n) is 3.68. The second-order valence-corrected chi connectivity index (χ2v) is 7.36. The summed E-state index contributed by atoms with van der Waals surface area (Å²) in [7, 11) is -2.79. The van der Waals surface area contributed by atoms with Crippen molar-refractivity contribution in [2.45, 2.75) is 23.1 Å². The van der Waals surface area contributed by atoms with Crippen molar-refractivity contribution in [2.75, 3.05) is 7.11 Å². The van der Waals surface area contributed by atoms with E-state index in [4.69, 9.17) is 5.11 Å². The molecule has 1 rings (SSSR count). The summed E-state index contributed by atoms with van der Waals surface area (Å²) in [6, 6.07) is 0.150. The molecule has 0 bridgehead atoms. The lowest BCUT2D eigenvalue weighted by Gasteiger charge is -2.13. The lowest BCUT2D eigenvalue weighted by Crippen LogP contribution is -2.40. The van der Waals surface area contributed by atoms with Gasteiger partial charge in [0, 0.05) is 10.9 Å². The number of carboxylic acid groups (broad SMARTS) is 1. The highest BCUT2D eigenvalue weighted by atomic mass is 79.9. The average molecular weight is 386 g/mol. The maximum atomic E-state index is 12.0. The van der Waals surface area contributed by atoms with Gasteiger partial charge in [0.1, 0.15) is 10.3 Å². The summed E-state index contributed by atoms with van der Waals surface area (Å²) >= 11 is 4.03. The van der Waals surface area contributed by atoms with Gasteiger partial charge in [-0.25, -0.2) is 8.42 Å². The van der Waals surface area contributed by atoms with Crippen LogP contribution in [0.25, 0.3) is 0 Å². The Hall–Kier alpha value is -0.970. The van der Waals surface area contributed by atoms with Crippen LogP contribution >= 0.6 is 27.3 Å². The summed E-state index contributed by atoms with van der Waals surface area (Å²) in [5, 5.41) is 10.6. The molecule has 2 N–H and O–H groups in total. The number of thiophene rings is 1. The predicted molar refractivity (Wildman–Crippen MR) is 75.0 cm³/mol. The first-order valence-electron chi connectivity index (χ1n) is 5.33. The van der Waals surface area contributed by atoms with E-state index in [-0.39, 0.29) is 17.1 Å². The van der Waals surface area contributed by atoms with Crippen LogP contribution in [0.3, 0.4) is 0 Å². The predicted octanol–water partition coefficient (Wildman–Crippen LogP) is 1.20. The third kappa shape index (κ3) is 4.54. The molecule has 1 aromatic rings. The fraction of sp³-hybridized carbons (Fsp3) is 0.400. The van der Waals surface area contributed by atoms with Crippen LogP contribution in [0.15, 0.2) is 20.1 Å². The van der Waals surface area contributed by atoms with E-state index in [1.807, 2.05) is 0 Å². The van der Waals surface area contributed by atoms with Gasteiger partial charge >= 0.3 is 11.9 Å². The third-order valence-electron chi connectivity index (χ3n) is 2.29. The number of esters is 1. The van der Waals surface area contributed by atoms with Crippen LogP contribution in [0.1, 0.15) is 12.8 Å². The third-order valence-corrected chi connectivity index (χ3v) is 6.43. The molecule has 7 nitrogen and oxygen atoms in total. The minimum Gasteiger partial charge on any atom is -0.480 e. The maximum Gasteiger partial charge on any atom is 0.321 e. The number of sulfonamides is 1. The van der Waals surface area contributed by atoms with Crippen molar-refractivity contribution < 1.29 is 27.9 Å². The highest BCUT2D eigenvalue weighted by Crippen LogP contribution is 2.27. The fourth-order valence-electron chi connectivity index (χ4n) is 1.31. The Labute approximate surface area is 128 Å². The van der Waals surface area contributed by atoms with E-state index < -0.39 is 28.0 Å². The molecule has 10 heteroatoms. The lowest BCUT2D eigenvalue weighted by molar-refractivity contribution is -0.142. The smallest absolute Gasteiger partial charge is 0.321 e. The van der Waals surface area contributed by atoms with Crippen molar-refractivity contribution in [1.82, 2.24) is 4.72 Å². The van der Waals surface area contributed by atoms with Crippen molar-refractivity contribution in [3.8, 4) is 0 Å². The van der Waals surface area contributed by atoms with Crippen molar-refractivity contribution in [3.05, 3.63) is 15.9 Å². The Morgan fingerprint density at radius 1 is 1.55 bits per heavy atom. The van der Waals surface area contributed by atoms with Crippen molar-refractivity contribution in [2.24, 2.45) is 0 Å². The summed E-state index contributed by atoms with van der Waals surface area (Å²) in [5.41, 5.74) is 0. The summed E-state index contributed by atoms with van der Waals surface area (Å²) in [4.78, 5) is 22.0. The van der Waals surface area contributed by atoms with Crippen LogP contribution in [0.5, 0.6) is 0 Å². The number of carbonyl (C=O) groups is 2. The molecule has 0 aliphatic rings. The Kier molecular flexibility index (Phi) is 6.11. The van der Waals surface area contributed by atoms with Gasteiger partial charge in [-0.1, -0.05) is 0 Å². The van der Waals surface area contributed by atoms with Gasteiger partial charge in [-0.05, 0) is 33.8 Å². The number of methoxy groups -OCH3 is 1. The Morgan fingerprint density at radius 3 is 2.65 bits per heavy atom. The van der Waals surface area contributed by atoms with Crippen LogP contribution in [0, 0.1) is 0 Å². The van der Waals surface area contributed by atoms with Gasteiger partial charge in [0.05, 0.1) is 7.11 Å². The molecule has 0 aliphatic heterocycles. The molecule has 1 atom stereocenters. The number of aliphatic carboxylic acids is 1. The molecule has 1 heterocycles. The number of carboxylic acids is 1. The van der Waals surface area contributed by atoms with Gasteiger partial charge < -0.3 is 9.84 Å². The first-order chi connectivity index (χ1) is 9.27. The van der Waals surface area contributed by atoms with Crippen LogP contribution in [-0.2, 0) is 24.3 Å². The summed E-state index contributed by atoms with van der Waals surface area (Å²) in [5.74, 6) is -1.96. The van der Waals surface area contributed by atoms with Gasteiger partial charge in [0.25, 0.3) is 10.0 Å². The Morgan fingerprint density at radius 2 is 2.20 bits per heavy atom. The summed E-state index contributed by atoms with van der Waals surface area (Å²) in [6.45, 7) is 0. The van der Waals surface area contributed by atoms with Crippen LogP contribution in [-0.4, -0.2) is 38.6 Å². The number of rotatable bonds is 7. The molecule has 112 valence electrons. The number of ether oxygens (including phenoxy) is 1. The molecular formula is C10H12BrNO6S2. The summed E-state index contributed by atoms with van der Waals surface area (Å²) < 4.78 is 30.9. The fourth-order valence-corrected chi connectivity index (χ4v) is 4.89. The highest BCUT2D eigenvalue weighted by Gasteiger charge is 2.28. The van der Waals surface area contributed by atoms with Crippen molar-refractivity contribution in [1.29, 1.82) is 0 Å². The molecule has 0 saturated carbocycles. The quantitative estimate of drug-likeness (QED) is 0.682. The number of nitrogens with one attached hydrogen (secondary N) is 1. The molecule has 0 amide bonds. The van der Waals surface area contributed by atoms with E-state index >= 15 is 0 Å². The zero-order chi connectivity index (χ0) is 15.3. The van der Waals surface area contributed by atoms with Gasteiger partial charge in [0.15, 0.2) is 0 Å². The van der Waals surface area contributed by atoms with Gasteiger partial charge in [-0.15, -0.1) is 11.3 Å². The average Bonchev–Trinajstić information content (AvgIpc) is 2.80. The van der Waals surface area contributed by atoms with Crippen molar-refractivity contribution >= 4 is 49.2 Å². The van der Waals surface area contributed by atoms with E-state index in [0.29, 0.717) is 4.47 Å². The molecule has 0 aromatic carbocycles. The van der Waals surface area contributed by atoms with Crippen LogP contribution in [0.4, 0.5) is 0 Å². The largest absolute Gasteiger partial charge is 0.480 e. The minimum atomic E-state index is -3.96. The molecule has 0 radical (unpaired) electrons. The number of carbonyl (C=O) groups excluding carboxylic acids is 1. The maximum absolute atomic E-state index is 12.0. The Balaban J connectivity index is 2.83. The highest BCUT2D eigenvalue weighted by molar-refractivity contribution is 9.10. The first-order valence-corrected chi connectivity index (χ1v) is 8.48. The van der Waals surface area contributed by atoms with Crippen LogP contribution < -0.4 is 4.72 Å². The second kappa shape index (κ2) is 7.16. The van der Waals surface area contributed by atoms with E-state index in [1.165, 1.54) is 7.11 Å². The SMILES string of the molecule is COC(=O)CC[C@@H](NS(=O)(=O)c1sccc1Br)C(=O)O. The standard InChI is InChI=1S/C10H12BrNO6S2/c1-18-8(13)3-2-7(9(14)15)12-20(16,17)10-6(11)4-5-19-10/h4-5,7,12H,2-3H2,1H3,(H,14,15)/t7-/m1/s1. The minimum absolute atomic E-state index is 0.0122. The van der Waals surface area contributed by atoms with Gasteiger partial charge in [0.2, 0.25) is 0 Å². The lowest BCUT2D eigenvalue weighted by atomic mass is 10.2. The molecule has 0 aliphatic carbocycles. The number of hydrogen-bond acceptors (Lipinski definition) is 6. The normalized spacial score (nSPS) is 12.9. The van der Waals surface area contributed by atoms with Crippen LogP contribution in [0.2, 0.25) is 0 Å². The topological polar surface area (TPSA) is 110 Å². The number of halogens is 1. The van der Waals surface area contributed by atoms with Crippen molar-refractivity contribution in [3.63, 3.8) is 0 Å². The summed E-state index contributed by atoms with van der Waals surface area (Å²) in [6.07, 6.45) is -0.383. The molecule has 0 saturated heterocycles. The first kappa shape index (κ1) is 17.1. The van der Waals surface area contributed by atoms with E-state index in [1.54, 1.807) is 11.4 Å². The van der Waals surface area contributed by atoms with Gasteiger partial charge in [-0.3, -0.25) is 9.59 Å². The number of hydrogen-bond donors (Lipinski definition) is 2. The molecule has 20 heavy (non-hydrogen) atoms. The molecule has 0 unspecified atom stereocenters. The molecule has 0 fully saturated rings. The zero-order valence-electron chi connectivity index (χ0n) is 10.3. The van der Waals surface area contributed by atoms with E-state index in [2.05, 4.69) is 25.4 Å². The molecular weight excluding hydrogens is 374 g/mol. The monoisotopic (exact) mass is 385 g/mol. The van der Waals surface area contributed by atoms with E-state index in [9.17, 15) is 18.0 Å². The van der Waals surface area contributed by atoms with Gasteiger partial charge in [-0.2, -0.15) is 4.72 Å².